The molecule has 1 atom stereocenters. The molecule has 1 unspecified atom stereocenters. The number of hydrogen-bond donors (Lipinski definition) is 2. The van der Waals surface area contributed by atoms with Crippen molar-refractivity contribution in [1.82, 2.24) is 15.1 Å². The van der Waals surface area contributed by atoms with Crippen LogP contribution in [0.15, 0.2) is 0 Å². The minimum absolute atomic E-state index is 0.138. The molecule has 2 N–H and O–H groups in total. The zero-order chi connectivity index (χ0) is 15.3. The Hall–Kier alpha value is -1.79. The Morgan fingerprint density at radius 2 is 1.90 bits per heavy atom. The molecule has 0 aliphatic carbocycles. The normalized spacial score (nSPS) is 17.4. The topological polar surface area (TPSA) is 90.0 Å². The van der Waals surface area contributed by atoms with Crippen molar-refractivity contribution in [2.75, 3.05) is 26.7 Å². The maximum atomic E-state index is 12.0. The van der Waals surface area contributed by atoms with Crippen LogP contribution < -0.4 is 5.32 Å². The number of hydrogen-bond acceptors (Lipinski definition) is 3. The summed E-state index contributed by atoms with van der Waals surface area (Å²) in [4.78, 5) is 37.8. The summed E-state index contributed by atoms with van der Waals surface area (Å²) in [6, 6.07) is -0.885. The van der Waals surface area contributed by atoms with Gasteiger partial charge in [0.1, 0.15) is 6.04 Å². The molecule has 1 aliphatic heterocycles. The smallest absolute Gasteiger partial charge is 0.318 e. The summed E-state index contributed by atoms with van der Waals surface area (Å²) in [7, 11) is 1.68. The van der Waals surface area contributed by atoms with Gasteiger partial charge in [-0.3, -0.25) is 9.59 Å². The minimum Gasteiger partial charge on any atom is -0.481 e. The van der Waals surface area contributed by atoms with Crippen LogP contribution in [0.25, 0.3) is 0 Å². The first-order valence-electron chi connectivity index (χ1n) is 6.90. The van der Waals surface area contributed by atoms with Crippen molar-refractivity contribution >= 4 is 17.9 Å². The number of likely N-dealkylation sites (N-methyl/N-ethyl adjacent to an activating group) is 1. The van der Waals surface area contributed by atoms with E-state index in [0.29, 0.717) is 32.5 Å². The highest BCUT2D eigenvalue weighted by molar-refractivity contribution is 5.86. The molecule has 0 bridgehead atoms. The van der Waals surface area contributed by atoms with Gasteiger partial charge in [-0.15, -0.1) is 0 Å². The Morgan fingerprint density at radius 3 is 2.35 bits per heavy atom. The van der Waals surface area contributed by atoms with Crippen molar-refractivity contribution in [2.24, 2.45) is 5.92 Å². The van der Waals surface area contributed by atoms with Gasteiger partial charge in [0.2, 0.25) is 5.91 Å². The van der Waals surface area contributed by atoms with Crippen molar-refractivity contribution in [3.05, 3.63) is 0 Å². The van der Waals surface area contributed by atoms with E-state index in [9.17, 15) is 14.4 Å². The van der Waals surface area contributed by atoms with Crippen LogP contribution in [0.3, 0.4) is 0 Å². The first-order chi connectivity index (χ1) is 9.36. The SMILES string of the molecule is CCN(C)C(=O)C(C)NC(=O)N1CCC(C(=O)O)CC1. The number of rotatable bonds is 4. The Balaban J connectivity index is 2.44. The molecule has 7 heteroatoms. The van der Waals surface area contributed by atoms with Gasteiger partial charge in [0.25, 0.3) is 0 Å². The van der Waals surface area contributed by atoms with Crippen LogP contribution >= 0.6 is 0 Å². The molecule has 20 heavy (non-hydrogen) atoms. The third-order valence-corrected chi connectivity index (χ3v) is 3.69. The number of nitrogens with one attached hydrogen (secondary N) is 1. The largest absolute Gasteiger partial charge is 0.481 e. The summed E-state index contributed by atoms with van der Waals surface area (Å²) in [6.07, 6.45) is 0.917. The fourth-order valence-electron chi connectivity index (χ4n) is 2.15. The predicted molar refractivity (Wildman–Crippen MR) is 73.2 cm³/mol. The van der Waals surface area contributed by atoms with Gasteiger partial charge in [-0.05, 0) is 26.7 Å². The van der Waals surface area contributed by atoms with Gasteiger partial charge in [-0.1, -0.05) is 0 Å². The number of carboxylic acids is 1. The maximum Gasteiger partial charge on any atom is 0.318 e. The number of aliphatic carboxylic acids is 1. The van der Waals surface area contributed by atoms with E-state index >= 15 is 0 Å². The van der Waals surface area contributed by atoms with Gasteiger partial charge >= 0.3 is 12.0 Å². The van der Waals surface area contributed by atoms with Gasteiger partial charge in [-0.25, -0.2) is 4.79 Å². The molecule has 0 spiro atoms. The Kier molecular flexibility index (Phi) is 5.79. The minimum atomic E-state index is -0.807. The number of piperidine rings is 1. The van der Waals surface area contributed by atoms with E-state index in [0.717, 1.165) is 0 Å². The van der Waals surface area contributed by atoms with Gasteiger partial charge in [0, 0.05) is 26.7 Å². The van der Waals surface area contributed by atoms with E-state index in [2.05, 4.69) is 5.32 Å². The summed E-state index contributed by atoms with van der Waals surface area (Å²) in [5.41, 5.74) is 0. The summed E-state index contributed by atoms with van der Waals surface area (Å²) in [5, 5.41) is 11.6. The summed E-state index contributed by atoms with van der Waals surface area (Å²) >= 11 is 0. The molecular weight excluding hydrogens is 262 g/mol. The molecule has 1 heterocycles. The maximum absolute atomic E-state index is 12.0. The van der Waals surface area contributed by atoms with Gasteiger partial charge < -0.3 is 20.2 Å². The van der Waals surface area contributed by atoms with Crippen LogP contribution in [0.1, 0.15) is 26.7 Å². The van der Waals surface area contributed by atoms with Crippen LogP contribution in [0.5, 0.6) is 0 Å². The molecule has 0 aromatic rings. The fourth-order valence-corrected chi connectivity index (χ4v) is 2.15. The van der Waals surface area contributed by atoms with Crippen LogP contribution in [0.4, 0.5) is 4.79 Å². The highest BCUT2D eigenvalue weighted by atomic mass is 16.4. The monoisotopic (exact) mass is 285 g/mol. The summed E-state index contributed by atoms with van der Waals surface area (Å²) in [5.74, 6) is -1.32. The second kappa shape index (κ2) is 7.12. The molecule has 114 valence electrons. The van der Waals surface area contributed by atoms with Gasteiger partial charge in [0.05, 0.1) is 5.92 Å². The first-order valence-corrected chi connectivity index (χ1v) is 6.90. The third-order valence-electron chi connectivity index (χ3n) is 3.69. The standard InChI is InChI=1S/C13H23N3O4/c1-4-15(3)11(17)9(2)14-13(20)16-7-5-10(6-8-16)12(18)19/h9-10H,4-8H2,1-3H3,(H,14,20)(H,18,19). The van der Waals surface area contributed by atoms with E-state index in [1.165, 1.54) is 0 Å². The Bertz CT molecular complexity index is 378. The highest BCUT2D eigenvalue weighted by Gasteiger charge is 2.28. The van der Waals surface area contributed by atoms with Gasteiger partial charge in [-0.2, -0.15) is 0 Å². The van der Waals surface area contributed by atoms with Crippen molar-refractivity contribution in [3.63, 3.8) is 0 Å². The molecule has 1 aliphatic rings. The fraction of sp³-hybridized carbons (Fsp3) is 0.769. The van der Waals surface area contributed by atoms with Crippen molar-refractivity contribution in [2.45, 2.75) is 32.7 Å². The zero-order valence-corrected chi connectivity index (χ0v) is 12.3. The van der Waals surface area contributed by atoms with E-state index in [1.54, 1.807) is 23.8 Å². The molecule has 0 aromatic carbocycles. The molecule has 3 amide bonds. The summed E-state index contributed by atoms with van der Waals surface area (Å²) < 4.78 is 0. The number of nitrogens with zero attached hydrogens (tertiary/aromatic N) is 2. The van der Waals surface area contributed by atoms with Gasteiger partial charge in [0.15, 0.2) is 0 Å². The quantitative estimate of drug-likeness (QED) is 0.780. The number of carbonyl (C=O) groups excluding carboxylic acids is 2. The molecular formula is C13H23N3O4. The van der Waals surface area contributed by atoms with Crippen molar-refractivity contribution in [3.8, 4) is 0 Å². The molecule has 1 saturated heterocycles. The molecule has 7 nitrogen and oxygen atoms in total. The number of amides is 3. The predicted octanol–water partition coefficient (Wildman–Crippen LogP) is 0.359. The van der Waals surface area contributed by atoms with Crippen LogP contribution in [0, 0.1) is 5.92 Å². The van der Waals surface area contributed by atoms with E-state index in [1.807, 2.05) is 6.92 Å². The number of urea groups is 1. The first kappa shape index (κ1) is 16.3. The lowest BCUT2D eigenvalue weighted by molar-refractivity contribution is -0.143. The summed E-state index contributed by atoms with van der Waals surface area (Å²) in [6.45, 7) is 4.92. The second-order valence-electron chi connectivity index (χ2n) is 5.12. The lowest BCUT2D eigenvalue weighted by atomic mass is 9.97. The second-order valence-corrected chi connectivity index (χ2v) is 5.12. The average molecular weight is 285 g/mol. The van der Waals surface area contributed by atoms with E-state index < -0.39 is 12.0 Å². The third kappa shape index (κ3) is 4.11. The average Bonchev–Trinajstić information content (AvgIpc) is 2.45. The van der Waals surface area contributed by atoms with Crippen LogP contribution in [-0.2, 0) is 9.59 Å². The Labute approximate surface area is 118 Å². The molecule has 1 fully saturated rings. The molecule has 1 rings (SSSR count). The molecule has 0 radical (unpaired) electrons. The lowest BCUT2D eigenvalue weighted by Gasteiger charge is -2.31. The zero-order valence-electron chi connectivity index (χ0n) is 12.3. The van der Waals surface area contributed by atoms with E-state index in [4.69, 9.17) is 5.11 Å². The Morgan fingerprint density at radius 1 is 1.35 bits per heavy atom. The van der Waals surface area contributed by atoms with Crippen molar-refractivity contribution in [1.29, 1.82) is 0 Å². The molecule has 0 aromatic heterocycles. The van der Waals surface area contributed by atoms with Crippen LogP contribution in [0.2, 0.25) is 0 Å². The lowest BCUT2D eigenvalue weighted by Crippen LogP contribution is -2.52. The highest BCUT2D eigenvalue weighted by Crippen LogP contribution is 2.17. The van der Waals surface area contributed by atoms with Crippen LogP contribution in [-0.4, -0.2) is 65.5 Å². The number of carboxylic acid groups (broad SMARTS) is 1. The number of likely N-dealkylation sites (tertiary alicyclic amines) is 1. The number of carbonyl (C=O) groups is 3. The molecule has 0 saturated carbocycles. The van der Waals surface area contributed by atoms with Crippen molar-refractivity contribution < 1.29 is 19.5 Å². The van der Waals surface area contributed by atoms with E-state index in [-0.39, 0.29) is 17.9 Å².